The summed E-state index contributed by atoms with van der Waals surface area (Å²) in [6, 6.07) is 11.1. The van der Waals surface area contributed by atoms with Gasteiger partial charge in [-0.1, -0.05) is 37.3 Å². The molecule has 1 aromatic rings. The molecule has 0 amide bonds. The van der Waals surface area contributed by atoms with Crippen LogP contribution >= 0.6 is 0 Å². The highest BCUT2D eigenvalue weighted by Gasteiger charge is 2.27. The van der Waals surface area contributed by atoms with E-state index in [1.807, 2.05) is 0 Å². The van der Waals surface area contributed by atoms with Crippen LogP contribution in [0, 0.1) is 5.92 Å². The Morgan fingerprint density at radius 1 is 1.29 bits per heavy atom. The molecule has 1 fully saturated rings. The highest BCUT2D eigenvalue weighted by atomic mass is 15.2. The van der Waals surface area contributed by atoms with Gasteiger partial charge in [0.25, 0.3) is 0 Å². The van der Waals surface area contributed by atoms with Gasteiger partial charge in [0.1, 0.15) is 0 Å². The van der Waals surface area contributed by atoms with Crippen LogP contribution < -0.4 is 5.73 Å². The smallest absolute Gasteiger partial charge is 0.0470 e. The molecule has 2 N–H and O–H groups in total. The second-order valence-corrected chi connectivity index (χ2v) is 5.10. The Bertz CT molecular complexity index is 319. The summed E-state index contributed by atoms with van der Waals surface area (Å²) in [5, 5.41) is 0. The third-order valence-corrected chi connectivity index (χ3v) is 3.55. The first-order chi connectivity index (χ1) is 8.35. The van der Waals surface area contributed by atoms with Gasteiger partial charge in [0.05, 0.1) is 0 Å². The summed E-state index contributed by atoms with van der Waals surface area (Å²) in [6.45, 7) is 5.35. The fourth-order valence-corrected chi connectivity index (χ4v) is 2.46. The molecule has 1 saturated carbocycles. The topological polar surface area (TPSA) is 29.3 Å². The van der Waals surface area contributed by atoms with Gasteiger partial charge in [-0.05, 0) is 37.3 Å². The molecular weight excluding hydrogens is 208 g/mol. The number of hydrogen-bond acceptors (Lipinski definition) is 2. The van der Waals surface area contributed by atoms with Crippen LogP contribution in [0.25, 0.3) is 0 Å². The van der Waals surface area contributed by atoms with E-state index in [1.165, 1.54) is 31.4 Å². The normalized spacial score (nSPS) is 17.4. The Balaban J connectivity index is 2.07. The minimum Gasteiger partial charge on any atom is -0.329 e. The predicted molar refractivity (Wildman–Crippen MR) is 72.8 cm³/mol. The molecule has 0 aliphatic heterocycles. The van der Waals surface area contributed by atoms with Gasteiger partial charge < -0.3 is 5.73 Å². The van der Waals surface area contributed by atoms with Crippen molar-refractivity contribution in [3.63, 3.8) is 0 Å². The molecule has 0 radical (unpaired) electrons. The lowest BCUT2D eigenvalue weighted by Crippen LogP contribution is -2.35. The van der Waals surface area contributed by atoms with Crippen LogP contribution in [0.5, 0.6) is 0 Å². The minimum atomic E-state index is 0.400. The molecule has 1 atom stereocenters. The second kappa shape index (κ2) is 6.18. The van der Waals surface area contributed by atoms with Crippen molar-refractivity contribution in [3.8, 4) is 0 Å². The number of nitrogens with zero attached hydrogens (tertiary/aromatic N) is 1. The van der Waals surface area contributed by atoms with Crippen LogP contribution in [0.2, 0.25) is 0 Å². The third-order valence-electron chi connectivity index (χ3n) is 3.55. The van der Waals surface area contributed by atoms with E-state index in [-0.39, 0.29) is 0 Å². The Labute approximate surface area is 105 Å². The van der Waals surface area contributed by atoms with E-state index in [1.54, 1.807) is 0 Å². The van der Waals surface area contributed by atoms with E-state index in [9.17, 15) is 0 Å². The van der Waals surface area contributed by atoms with Crippen molar-refractivity contribution < 1.29 is 0 Å². The van der Waals surface area contributed by atoms with Gasteiger partial charge >= 0.3 is 0 Å². The molecule has 2 rings (SSSR count). The van der Waals surface area contributed by atoms with Gasteiger partial charge in [-0.2, -0.15) is 0 Å². The third kappa shape index (κ3) is 3.55. The van der Waals surface area contributed by atoms with Gasteiger partial charge in [-0.15, -0.1) is 0 Å². The first-order valence-corrected chi connectivity index (χ1v) is 6.84. The standard InChI is InChI=1S/C15H24N2/c1-2-10-17(12-13-8-9-13)15(11-16)14-6-4-3-5-7-14/h3-7,13,15H,2,8-12,16H2,1H3. The second-order valence-electron chi connectivity index (χ2n) is 5.10. The average molecular weight is 232 g/mol. The Kier molecular flexibility index (Phi) is 4.57. The van der Waals surface area contributed by atoms with Crippen molar-refractivity contribution >= 4 is 0 Å². The summed E-state index contributed by atoms with van der Waals surface area (Å²) < 4.78 is 0. The van der Waals surface area contributed by atoms with Crippen LogP contribution in [-0.4, -0.2) is 24.5 Å². The zero-order chi connectivity index (χ0) is 12.1. The molecule has 1 aliphatic carbocycles. The molecule has 1 unspecified atom stereocenters. The molecule has 0 saturated heterocycles. The zero-order valence-corrected chi connectivity index (χ0v) is 10.8. The minimum absolute atomic E-state index is 0.400. The molecule has 0 aromatic heterocycles. The molecule has 1 aromatic carbocycles. The average Bonchev–Trinajstić information content (AvgIpc) is 3.16. The van der Waals surface area contributed by atoms with E-state index in [0.717, 1.165) is 19.0 Å². The number of nitrogens with two attached hydrogens (primary N) is 1. The van der Waals surface area contributed by atoms with Crippen LogP contribution in [0.4, 0.5) is 0 Å². The zero-order valence-electron chi connectivity index (χ0n) is 10.8. The lowest BCUT2D eigenvalue weighted by molar-refractivity contribution is 0.193. The number of benzene rings is 1. The highest BCUT2D eigenvalue weighted by molar-refractivity contribution is 5.19. The van der Waals surface area contributed by atoms with Crippen molar-refractivity contribution in [1.82, 2.24) is 4.90 Å². The summed E-state index contributed by atoms with van der Waals surface area (Å²) in [7, 11) is 0. The Morgan fingerprint density at radius 2 is 2.00 bits per heavy atom. The molecule has 2 nitrogen and oxygen atoms in total. The van der Waals surface area contributed by atoms with E-state index in [0.29, 0.717) is 6.04 Å². The quantitative estimate of drug-likeness (QED) is 0.783. The van der Waals surface area contributed by atoms with Crippen molar-refractivity contribution in [2.24, 2.45) is 11.7 Å². The molecule has 1 aliphatic rings. The summed E-state index contributed by atoms with van der Waals surface area (Å²) >= 11 is 0. The Morgan fingerprint density at radius 3 is 2.53 bits per heavy atom. The lowest BCUT2D eigenvalue weighted by atomic mass is 10.0. The Hall–Kier alpha value is -0.860. The van der Waals surface area contributed by atoms with E-state index < -0.39 is 0 Å². The first kappa shape index (κ1) is 12.6. The maximum absolute atomic E-state index is 5.99. The summed E-state index contributed by atoms with van der Waals surface area (Å²) in [5.41, 5.74) is 7.36. The first-order valence-electron chi connectivity index (χ1n) is 6.84. The van der Waals surface area contributed by atoms with Crippen molar-refractivity contribution in [2.45, 2.75) is 32.2 Å². The summed E-state index contributed by atoms with van der Waals surface area (Å²) in [5.74, 6) is 0.930. The van der Waals surface area contributed by atoms with E-state index in [2.05, 4.69) is 42.2 Å². The SMILES string of the molecule is CCCN(CC1CC1)C(CN)c1ccccc1. The molecule has 0 heterocycles. The maximum Gasteiger partial charge on any atom is 0.0470 e. The van der Waals surface area contributed by atoms with Crippen molar-refractivity contribution in [1.29, 1.82) is 0 Å². The van der Waals surface area contributed by atoms with Gasteiger partial charge in [0.15, 0.2) is 0 Å². The highest BCUT2D eigenvalue weighted by Crippen LogP contribution is 2.32. The monoisotopic (exact) mass is 232 g/mol. The fraction of sp³-hybridized carbons (Fsp3) is 0.600. The van der Waals surface area contributed by atoms with Gasteiger partial charge in [-0.25, -0.2) is 0 Å². The van der Waals surface area contributed by atoms with E-state index >= 15 is 0 Å². The fourth-order valence-electron chi connectivity index (χ4n) is 2.46. The van der Waals surface area contributed by atoms with Crippen molar-refractivity contribution in [2.75, 3.05) is 19.6 Å². The molecule has 2 heteroatoms. The van der Waals surface area contributed by atoms with Gasteiger partial charge in [0, 0.05) is 19.1 Å². The number of rotatable bonds is 7. The molecule has 0 spiro atoms. The number of hydrogen-bond donors (Lipinski definition) is 1. The maximum atomic E-state index is 5.99. The summed E-state index contributed by atoms with van der Waals surface area (Å²) in [6.07, 6.45) is 4.02. The molecule has 0 bridgehead atoms. The molecule has 94 valence electrons. The van der Waals surface area contributed by atoms with Crippen molar-refractivity contribution in [3.05, 3.63) is 35.9 Å². The van der Waals surface area contributed by atoms with Gasteiger partial charge in [-0.3, -0.25) is 4.90 Å². The van der Waals surface area contributed by atoms with Crippen LogP contribution in [0.3, 0.4) is 0 Å². The van der Waals surface area contributed by atoms with Crippen LogP contribution in [0.15, 0.2) is 30.3 Å². The summed E-state index contributed by atoms with van der Waals surface area (Å²) in [4.78, 5) is 2.58. The lowest BCUT2D eigenvalue weighted by Gasteiger charge is -2.31. The molecular formula is C15H24N2. The van der Waals surface area contributed by atoms with E-state index in [4.69, 9.17) is 5.73 Å². The predicted octanol–water partition coefficient (Wildman–Crippen LogP) is 2.81. The molecule has 17 heavy (non-hydrogen) atoms. The van der Waals surface area contributed by atoms with Crippen LogP contribution in [-0.2, 0) is 0 Å². The van der Waals surface area contributed by atoms with Gasteiger partial charge in [0.2, 0.25) is 0 Å². The van der Waals surface area contributed by atoms with Crippen LogP contribution in [0.1, 0.15) is 37.8 Å². The largest absolute Gasteiger partial charge is 0.329 e.